The van der Waals surface area contributed by atoms with Gasteiger partial charge >= 0.3 is 13.7 Å². The van der Waals surface area contributed by atoms with Crippen molar-refractivity contribution in [1.29, 1.82) is 0 Å². The van der Waals surface area contributed by atoms with E-state index in [0.717, 1.165) is 0 Å². The van der Waals surface area contributed by atoms with E-state index >= 15 is 0 Å². The van der Waals surface area contributed by atoms with E-state index in [4.69, 9.17) is 9.05 Å². The summed E-state index contributed by atoms with van der Waals surface area (Å²) in [6.07, 6.45) is 0. The summed E-state index contributed by atoms with van der Waals surface area (Å²) >= 11 is 0. The van der Waals surface area contributed by atoms with Crippen LogP contribution in [0.25, 0.3) is 0 Å². The smallest absolute Gasteiger partial charge is 0.408 e. The molecule has 0 bridgehead atoms. The molecule has 7 heteroatoms. The quantitative estimate of drug-likeness (QED) is 0.395. The predicted octanol–water partition coefficient (Wildman–Crippen LogP) is 0.633. The number of rotatable bonds is 4. The van der Waals surface area contributed by atoms with E-state index in [1.807, 2.05) is 0 Å². The van der Waals surface area contributed by atoms with E-state index in [9.17, 15) is 9.36 Å². The molecule has 0 saturated carbocycles. The fraction of sp³-hybridized carbons (Fsp3) is 0.857. The summed E-state index contributed by atoms with van der Waals surface area (Å²) in [5, 5.41) is 0. The zero-order chi connectivity index (χ0) is 10.9. The van der Waals surface area contributed by atoms with Gasteiger partial charge in [0.05, 0.1) is 7.11 Å². The number of nitrogens with zero attached hydrogens (tertiary/aromatic N) is 1. The second-order valence-corrected chi connectivity index (χ2v) is 5.05. The zero-order valence-electron chi connectivity index (χ0n) is 8.59. The van der Waals surface area contributed by atoms with Gasteiger partial charge in [-0.05, 0) is 6.92 Å². The summed E-state index contributed by atoms with van der Waals surface area (Å²) in [7, 11) is 0.562. The molecule has 1 rings (SSSR count). The Kier molecular flexibility index (Phi) is 3.32. The Balaban J connectivity index is 2.74. The van der Waals surface area contributed by atoms with Crippen LogP contribution in [0.15, 0.2) is 0 Å². The highest BCUT2D eigenvalue weighted by Gasteiger charge is 2.60. The molecule has 1 saturated heterocycles. The lowest BCUT2D eigenvalue weighted by Gasteiger charge is -2.14. The zero-order valence-corrected chi connectivity index (χ0v) is 9.48. The van der Waals surface area contributed by atoms with Gasteiger partial charge in [0.15, 0.2) is 0 Å². The normalized spacial score (nSPS) is 31.3. The highest BCUT2D eigenvalue weighted by molar-refractivity contribution is 7.51. The maximum Gasteiger partial charge on any atom is 0.408 e. The van der Waals surface area contributed by atoms with Gasteiger partial charge in [0.1, 0.15) is 6.04 Å². The molecule has 0 radical (unpaired) electrons. The van der Waals surface area contributed by atoms with Crippen molar-refractivity contribution in [3.63, 3.8) is 0 Å². The Bertz CT molecular complexity index is 273. The van der Waals surface area contributed by atoms with Gasteiger partial charge in [-0.1, -0.05) is 0 Å². The number of hydrogen-bond donors (Lipinski definition) is 0. The number of carbonyl (C=O) groups excluding carboxylic acids is 1. The summed E-state index contributed by atoms with van der Waals surface area (Å²) in [6, 6.07) is -0.695. The molecule has 0 aliphatic carbocycles. The van der Waals surface area contributed by atoms with Crippen molar-refractivity contribution < 1.29 is 23.1 Å². The van der Waals surface area contributed by atoms with Gasteiger partial charge in [-0.15, -0.1) is 0 Å². The lowest BCUT2D eigenvalue weighted by atomic mass is 10.3. The van der Waals surface area contributed by atoms with E-state index in [-0.39, 0.29) is 6.04 Å². The molecule has 1 unspecified atom stereocenters. The standard InChI is InChI=1S/C7H14NO5P/c1-5-6(7(9)11-2)8(5)14(10,12-3)13-4/h5-6H,1-4H3/t5-,6-,8?/m1/s1. The molecule has 0 amide bonds. The third-order valence-corrected chi connectivity index (χ3v) is 4.36. The summed E-state index contributed by atoms with van der Waals surface area (Å²) < 4.78 is 27.3. The van der Waals surface area contributed by atoms with Gasteiger partial charge in [-0.2, -0.15) is 4.67 Å². The number of methoxy groups -OCH3 is 1. The third-order valence-electron chi connectivity index (χ3n) is 2.26. The van der Waals surface area contributed by atoms with Crippen LogP contribution in [0.2, 0.25) is 0 Å². The Labute approximate surface area is 82.7 Å². The predicted molar refractivity (Wildman–Crippen MR) is 48.7 cm³/mol. The molecular formula is C7H14NO5P. The number of esters is 1. The first-order valence-corrected chi connectivity index (χ1v) is 5.59. The summed E-state index contributed by atoms with van der Waals surface area (Å²) in [5.41, 5.74) is 0. The molecule has 1 heterocycles. The largest absolute Gasteiger partial charge is 0.468 e. The van der Waals surface area contributed by atoms with Gasteiger partial charge in [-0.3, -0.25) is 13.8 Å². The molecule has 0 aromatic carbocycles. The maximum absolute atomic E-state index is 11.8. The maximum atomic E-state index is 11.8. The molecule has 6 nitrogen and oxygen atoms in total. The van der Waals surface area contributed by atoms with Crippen LogP contribution in [0.3, 0.4) is 0 Å². The molecule has 0 spiro atoms. The number of carbonyl (C=O) groups is 1. The van der Waals surface area contributed by atoms with E-state index in [1.165, 1.54) is 26.0 Å². The molecule has 82 valence electrons. The minimum atomic E-state index is -3.29. The van der Waals surface area contributed by atoms with E-state index in [0.29, 0.717) is 0 Å². The van der Waals surface area contributed by atoms with Crippen molar-refractivity contribution >= 4 is 13.7 Å². The van der Waals surface area contributed by atoms with Crippen LogP contribution in [-0.2, 0) is 23.1 Å². The Morgan fingerprint density at radius 3 is 2.14 bits per heavy atom. The van der Waals surface area contributed by atoms with Crippen molar-refractivity contribution in [3.05, 3.63) is 0 Å². The first-order chi connectivity index (χ1) is 6.51. The summed E-state index contributed by atoms with van der Waals surface area (Å²) in [6.45, 7) is 1.76. The van der Waals surface area contributed by atoms with Crippen molar-refractivity contribution in [2.75, 3.05) is 21.3 Å². The lowest BCUT2D eigenvalue weighted by molar-refractivity contribution is -0.140. The van der Waals surface area contributed by atoms with Gasteiger partial charge < -0.3 is 4.74 Å². The van der Waals surface area contributed by atoms with Crippen LogP contribution in [0.5, 0.6) is 0 Å². The van der Waals surface area contributed by atoms with Crippen LogP contribution in [0.1, 0.15) is 6.92 Å². The highest BCUT2D eigenvalue weighted by Crippen LogP contribution is 2.60. The molecule has 1 aliphatic rings. The second-order valence-electron chi connectivity index (χ2n) is 2.92. The first-order valence-electron chi connectivity index (χ1n) is 4.10. The molecule has 1 aliphatic heterocycles. The van der Waals surface area contributed by atoms with Crippen LogP contribution in [0.4, 0.5) is 0 Å². The third kappa shape index (κ3) is 1.70. The van der Waals surface area contributed by atoms with Crippen molar-refractivity contribution in [2.24, 2.45) is 0 Å². The summed E-state index contributed by atoms with van der Waals surface area (Å²) in [4.78, 5) is 11.2. The average molecular weight is 223 g/mol. The number of hydrogen-bond acceptors (Lipinski definition) is 5. The van der Waals surface area contributed by atoms with Crippen molar-refractivity contribution in [3.8, 4) is 0 Å². The Morgan fingerprint density at radius 1 is 1.29 bits per heavy atom. The highest BCUT2D eigenvalue weighted by atomic mass is 31.2. The minimum Gasteiger partial charge on any atom is -0.468 e. The number of ether oxygens (including phenoxy) is 1. The van der Waals surface area contributed by atoms with Gasteiger partial charge in [-0.25, -0.2) is 4.57 Å². The van der Waals surface area contributed by atoms with Crippen LogP contribution < -0.4 is 0 Å². The monoisotopic (exact) mass is 223 g/mol. The molecule has 1 fully saturated rings. The lowest BCUT2D eigenvalue weighted by Crippen LogP contribution is -2.14. The fourth-order valence-corrected chi connectivity index (χ4v) is 3.03. The van der Waals surface area contributed by atoms with E-state index in [1.54, 1.807) is 6.92 Å². The van der Waals surface area contributed by atoms with Gasteiger partial charge in [0.25, 0.3) is 0 Å². The molecular weight excluding hydrogens is 209 g/mol. The van der Waals surface area contributed by atoms with Crippen molar-refractivity contribution in [2.45, 2.75) is 19.0 Å². The van der Waals surface area contributed by atoms with E-state index < -0.39 is 19.8 Å². The van der Waals surface area contributed by atoms with E-state index in [2.05, 4.69) is 4.74 Å². The molecule has 0 aromatic heterocycles. The average Bonchev–Trinajstić information content (AvgIpc) is 2.88. The van der Waals surface area contributed by atoms with Crippen LogP contribution in [0, 0.1) is 0 Å². The Hall–Kier alpha value is -0.420. The SMILES string of the molecule is COC(=O)[C@H]1[C@@H](C)N1P(=O)(OC)OC. The first kappa shape index (κ1) is 11.7. The summed E-state index contributed by atoms with van der Waals surface area (Å²) in [5.74, 6) is -0.424. The Morgan fingerprint density at radius 2 is 1.79 bits per heavy atom. The van der Waals surface area contributed by atoms with Gasteiger partial charge in [0.2, 0.25) is 0 Å². The minimum absolute atomic E-state index is 0.173. The topological polar surface area (TPSA) is 64.8 Å². The van der Waals surface area contributed by atoms with Crippen molar-refractivity contribution in [1.82, 2.24) is 4.67 Å². The fourth-order valence-electron chi connectivity index (χ4n) is 1.40. The van der Waals surface area contributed by atoms with Crippen LogP contribution in [-0.4, -0.2) is 44.1 Å². The molecule has 3 atom stereocenters. The molecule has 14 heavy (non-hydrogen) atoms. The van der Waals surface area contributed by atoms with Gasteiger partial charge in [0, 0.05) is 20.3 Å². The molecule has 0 N–H and O–H groups in total. The molecule has 0 aromatic rings. The van der Waals surface area contributed by atoms with Crippen LogP contribution >= 0.6 is 7.75 Å². The second kappa shape index (κ2) is 3.98.